The predicted molar refractivity (Wildman–Crippen MR) is 252 cm³/mol. The van der Waals surface area contributed by atoms with Crippen molar-refractivity contribution in [3.8, 4) is 0 Å². The number of halogens is 2. The minimum absolute atomic E-state index is 0.0288. The SMILES string of the molecule is CCC(C)(OCCC(C)(C)OC(=O)OCC(=O)[C@@]1(O)[C@H](C)C[C@H]2[C@@H]3CCC4=CC(=O)C=C[C@]4(C)[C@@]3(F)[C@@H](O)C[C@@]21C)C(=O)OCC(=O)[C@@]1(O)[C@H](C)C[C@H]2[C@@H]3CCC4=CC(=O)C=C[C@]4(C)[C@@]3(F)[C@@H](O)C[C@@]21C. The quantitative estimate of drug-likeness (QED) is 0.138. The van der Waals surface area contributed by atoms with E-state index in [0.29, 0.717) is 43.3 Å². The average molecular weight is 997 g/mol. The van der Waals surface area contributed by atoms with Gasteiger partial charge in [-0.3, -0.25) is 19.2 Å². The van der Waals surface area contributed by atoms with E-state index in [4.69, 9.17) is 18.9 Å². The number of ether oxygens (including phenoxy) is 4. The van der Waals surface area contributed by atoms with Gasteiger partial charge in [0.25, 0.3) is 0 Å². The standard InChI is InChI=1S/C55H74F2O14/c1-11-51(10,44(64)68-28-42(62)54(66)30(2)22-38-36-14-12-32-24-34(58)16-18-47(32,6)52(36,56)40(60)26-49(38,54)8)70-21-20-46(4,5)71-45(65)69-29-43(63)55(67)31(3)23-39-37-15-13-33-25-35(59)17-19-48(33,7)53(37,57)41(61)27-50(39,55)9/h16-19,24-25,30-31,36-41,60-61,66-67H,11-15,20-23,26-29H2,1-10H3/t30-,31-,36+,37+,38+,39+,40+,41+,47+,48+,49+,50+,51?,52+,53+,54+,55+/m1/s1. The Balaban J connectivity index is 0.844. The topological polar surface area (TPSA) is 220 Å². The van der Waals surface area contributed by atoms with Gasteiger partial charge in [-0.05, 0) is 140 Å². The maximum atomic E-state index is 17.6. The molecule has 17 atom stereocenters. The van der Waals surface area contributed by atoms with Crippen LogP contribution in [-0.4, -0.2) is 121 Å². The third kappa shape index (κ3) is 7.34. The normalized spacial score (nSPS) is 45.1. The number of aliphatic hydroxyl groups is 4. The molecule has 6 saturated carbocycles. The van der Waals surface area contributed by atoms with Gasteiger partial charge in [0.2, 0.25) is 11.6 Å². The highest BCUT2D eigenvalue weighted by molar-refractivity contribution is 6.02. The van der Waals surface area contributed by atoms with Crippen LogP contribution in [0, 0.1) is 57.2 Å². The second-order valence-electron chi connectivity index (χ2n) is 24.3. The van der Waals surface area contributed by atoms with E-state index in [0.717, 1.165) is 0 Å². The molecule has 0 radical (unpaired) electrons. The lowest BCUT2D eigenvalue weighted by Gasteiger charge is -2.62. The second-order valence-corrected chi connectivity index (χ2v) is 24.3. The molecule has 16 heteroatoms. The Kier molecular flexibility index (Phi) is 13.0. The summed E-state index contributed by atoms with van der Waals surface area (Å²) in [5.41, 5.74) is -15.1. The monoisotopic (exact) mass is 997 g/mol. The van der Waals surface area contributed by atoms with Crippen LogP contribution in [-0.2, 0) is 42.9 Å². The minimum Gasteiger partial charge on any atom is -0.455 e. The molecule has 392 valence electrons. The van der Waals surface area contributed by atoms with E-state index in [1.807, 2.05) is 0 Å². The van der Waals surface area contributed by atoms with E-state index < -0.39 is 140 Å². The van der Waals surface area contributed by atoms with Crippen molar-refractivity contribution < 1.29 is 76.9 Å². The highest BCUT2D eigenvalue weighted by Crippen LogP contribution is 2.72. The first-order valence-corrected chi connectivity index (χ1v) is 25.6. The first-order valence-electron chi connectivity index (χ1n) is 25.6. The Labute approximate surface area is 415 Å². The Morgan fingerprint density at radius 2 is 1.13 bits per heavy atom. The summed E-state index contributed by atoms with van der Waals surface area (Å²) in [5, 5.41) is 48.1. The summed E-state index contributed by atoms with van der Waals surface area (Å²) in [6.45, 7) is 14.7. The third-order valence-electron chi connectivity index (χ3n) is 20.5. The zero-order chi connectivity index (χ0) is 52.5. The van der Waals surface area contributed by atoms with Crippen LogP contribution < -0.4 is 0 Å². The molecule has 0 aliphatic heterocycles. The predicted octanol–water partition coefficient (Wildman–Crippen LogP) is 6.87. The first kappa shape index (κ1) is 53.3. The number of fused-ring (bicyclic) bond motifs is 10. The van der Waals surface area contributed by atoms with Gasteiger partial charge in [0, 0.05) is 39.9 Å². The lowest BCUT2D eigenvalue weighted by molar-refractivity contribution is -0.220. The number of aliphatic hydroxyl groups excluding tert-OH is 2. The van der Waals surface area contributed by atoms with E-state index >= 15 is 8.78 Å². The largest absolute Gasteiger partial charge is 0.509 e. The van der Waals surface area contributed by atoms with E-state index in [-0.39, 0.29) is 50.3 Å². The Morgan fingerprint density at radius 1 is 0.704 bits per heavy atom. The second kappa shape index (κ2) is 17.3. The van der Waals surface area contributed by atoms with Crippen molar-refractivity contribution >= 4 is 35.3 Å². The zero-order valence-corrected chi connectivity index (χ0v) is 42.9. The van der Waals surface area contributed by atoms with Gasteiger partial charge < -0.3 is 39.4 Å². The molecule has 4 N–H and O–H groups in total. The summed E-state index contributed by atoms with van der Waals surface area (Å²) in [7, 11) is 0. The molecular weight excluding hydrogens is 923 g/mol. The summed E-state index contributed by atoms with van der Waals surface area (Å²) in [6.07, 6.45) is 6.02. The lowest BCUT2D eigenvalue weighted by atomic mass is 9.44. The number of rotatable bonds is 13. The minimum atomic E-state index is -2.15. The number of ketones is 4. The summed E-state index contributed by atoms with van der Waals surface area (Å²) < 4.78 is 57.7. The Bertz CT molecular complexity index is 2410. The zero-order valence-electron chi connectivity index (χ0n) is 42.9. The van der Waals surface area contributed by atoms with E-state index in [2.05, 4.69) is 0 Å². The van der Waals surface area contributed by atoms with Crippen molar-refractivity contribution in [3.05, 3.63) is 47.6 Å². The summed E-state index contributed by atoms with van der Waals surface area (Å²) >= 11 is 0. The number of allylic oxidation sites excluding steroid dienone is 8. The van der Waals surface area contributed by atoms with Gasteiger partial charge in [0.05, 0.1) is 18.8 Å². The maximum Gasteiger partial charge on any atom is 0.509 e. The molecule has 6 fully saturated rings. The molecule has 1 unspecified atom stereocenters. The van der Waals surface area contributed by atoms with Crippen molar-refractivity contribution in [3.63, 3.8) is 0 Å². The van der Waals surface area contributed by atoms with E-state index in [1.54, 1.807) is 74.5 Å². The van der Waals surface area contributed by atoms with Gasteiger partial charge in [-0.2, -0.15) is 0 Å². The molecule has 8 aliphatic rings. The number of esters is 1. The molecule has 0 heterocycles. The van der Waals surface area contributed by atoms with Crippen molar-refractivity contribution in [2.75, 3.05) is 19.8 Å². The summed E-state index contributed by atoms with van der Waals surface area (Å²) in [6, 6.07) is 0. The molecule has 8 rings (SSSR count). The maximum absolute atomic E-state index is 17.6. The van der Waals surface area contributed by atoms with Crippen molar-refractivity contribution in [2.45, 2.75) is 179 Å². The van der Waals surface area contributed by atoms with Crippen molar-refractivity contribution in [1.29, 1.82) is 0 Å². The molecule has 0 spiro atoms. The molecular formula is C55H74F2O14. The number of Topliss-reactive ketones (excluding diaryl/α,β-unsaturated/α-hetero) is 2. The Hall–Kier alpha value is -3.96. The van der Waals surface area contributed by atoms with Crippen LogP contribution in [0.1, 0.15) is 133 Å². The fraction of sp³-hybridized carbons (Fsp3) is 0.745. The molecule has 8 aliphatic carbocycles. The fourth-order valence-corrected chi connectivity index (χ4v) is 16.0. The van der Waals surface area contributed by atoms with Gasteiger partial charge >= 0.3 is 12.1 Å². The number of alkyl halides is 2. The van der Waals surface area contributed by atoms with Gasteiger partial charge in [-0.25, -0.2) is 18.4 Å². The van der Waals surface area contributed by atoms with Crippen LogP contribution in [0.3, 0.4) is 0 Å². The van der Waals surface area contributed by atoms with Gasteiger partial charge in [0.1, 0.15) is 16.8 Å². The van der Waals surface area contributed by atoms with Crippen LogP contribution in [0.4, 0.5) is 13.6 Å². The van der Waals surface area contributed by atoms with E-state index in [1.165, 1.54) is 31.2 Å². The number of carbonyl (C=O) groups is 6. The van der Waals surface area contributed by atoms with Gasteiger partial charge in [-0.1, -0.05) is 57.9 Å². The van der Waals surface area contributed by atoms with Crippen molar-refractivity contribution in [2.24, 2.45) is 57.2 Å². The van der Waals surface area contributed by atoms with Crippen LogP contribution in [0.2, 0.25) is 0 Å². The molecule has 71 heavy (non-hydrogen) atoms. The van der Waals surface area contributed by atoms with Crippen LogP contribution in [0.25, 0.3) is 0 Å². The molecule has 0 aromatic heterocycles. The highest BCUT2D eigenvalue weighted by Gasteiger charge is 2.77. The molecule has 0 bridgehead atoms. The highest BCUT2D eigenvalue weighted by atomic mass is 19.1. The number of hydrogen-bond acceptors (Lipinski definition) is 14. The smallest absolute Gasteiger partial charge is 0.455 e. The Morgan fingerprint density at radius 3 is 1.55 bits per heavy atom. The fourth-order valence-electron chi connectivity index (χ4n) is 16.0. The van der Waals surface area contributed by atoms with Crippen LogP contribution in [0.5, 0.6) is 0 Å². The summed E-state index contributed by atoms with van der Waals surface area (Å²) in [5.74, 6) is -6.75. The number of hydrogen-bond donors (Lipinski definition) is 4. The number of carbonyl (C=O) groups excluding carboxylic acids is 6. The molecule has 0 amide bonds. The first-order chi connectivity index (χ1) is 32.8. The third-order valence-corrected chi connectivity index (χ3v) is 20.5. The summed E-state index contributed by atoms with van der Waals surface area (Å²) in [4.78, 5) is 79.4. The van der Waals surface area contributed by atoms with Crippen LogP contribution >= 0.6 is 0 Å². The van der Waals surface area contributed by atoms with Gasteiger partial charge in [-0.15, -0.1) is 0 Å². The lowest BCUT2D eigenvalue weighted by Crippen LogP contribution is -2.69. The molecule has 0 aromatic carbocycles. The van der Waals surface area contributed by atoms with E-state index in [9.17, 15) is 49.2 Å². The molecule has 0 aromatic rings. The molecule has 0 saturated heterocycles. The molecule has 14 nitrogen and oxygen atoms in total. The van der Waals surface area contributed by atoms with Crippen molar-refractivity contribution in [1.82, 2.24) is 0 Å². The van der Waals surface area contributed by atoms with Gasteiger partial charge in [0.15, 0.2) is 41.7 Å². The average Bonchev–Trinajstić information content (AvgIpc) is 3.63. The van der Waals surface area contributed by atoms with Crippen LogP contribution in [0.15, 0.2) is 47.6 Å².